The monoisotopic (exact) mass is 190 g/mol. The summed E-state index contributed by atoms with van der Waals surface area (Å²) >= 11 is 0. The molecular weight excluding hydrogens is 160 g/mol. The van der Waals surface area contributed by atoms with E-state index in [0.717, 1.165) is 19.6 Å². The Labute approximate surface area is 85.5 Å². The lowest BCUT2D eigenvalue weighted by Gasteiger charge is -2.19. The van der Waals surface area contributed by atoms with Gasteiger partial charge in [0, 0.05) is 25.7 Å². The standard InChI is InChI=1S/C5H12N2.3C2H6/c1-5-4-6-2-3-7-5;3*1-2/h5-7H,2-4H2,1H3;3*1-2H3. The number of rotatable bonds is 0. The van der Waals surface area contributed by atoms with Crippen molar-refractivity contribution in [2.24, 2.45) is 0 Å². The quantitative estimate of drug-likeness (QED) is 0.613. The highest BCUT2D eigenvalue weighted by Gasteiger charge is 2.03. The smallest absolute Gasteiger partial charge is 0.0164 e. The van der Waals surface area contributed by atoms with Crippen molar-refractivity contribution in [3.63, 3.8) is 0 Å². The van der Waals surface area contributed by atoms with Crippen LogP contribution in [0.2, 0.25) is 0 Å². The summed E-state index contributed by atoms with van der Waals surface area (Å²) in [6.07, 6.45) is 0. The van der Waals surface area contributed by atoms with Gasteiger partial charge in [0.25, 0.3) is 0 Å². The molecule has 0 aliphatic carbocycles. The highest BCUT2D eigenvalue weighted by molar-refractivity contribution is 4.69. The SMILES string of the molecule is CC.CC.CC.CC1CNCCN1. The Morgan fingerprint density at radius 3 is 1.46 bits per heavy atom. The van der Waals surface area contributed by atoms with E-state index in [1.807, 2.05) is 41.5 Å². The number of nitrogens with one attached hydrogen (secondary N) is 2. The molecule has 1 heterocycles. The molecule has 1 rings (SSSR count). The molecule has 13 heavy (non-hydrogen) atoms. The third kappa shape index (κ3) is 18.7. The van der Waals surface area contributed by atoms with E-state index in [-0.39, 0.29) is 0 Å². The van der Waals surface area contributed by atoms with Gasteiger partial charge in [-0.05, 0) is 6.92 Å². The van der Waals surface area contributed by atoms with Gasteiger partial charge in [-0.15, -0.1) is 0 Å². The maximum absolute atomic E-state index is 3.32. The van der Waals surface area contributed by atoms with E-state index in [0.29, 0.717) is 6.04 Å². The van der Waals surface area contributed by atoms with Crippen LogP contribution in [0.4, 0.5) is 0 Å². The normalized spacial score (nSPS) is 19.2. The first-order valence-electron chi connectivity index (χ1n) is 5.83. The molecule has 0 saturated carbocycles. The molecule has 1 unspecified atom stereocenters. The molecule has 1 aliphatic heterocycles. The molecular formula is C11H30N2. The lowest BCUT2D eigenvalue weighted by Crippen LogP contribution is -2.46. The molecule has 84 valence electrons. The minimum Gasteiger partial charge on any atom is -0.314 e. The molecule has 1 atom stereocenters. The summed E-state index contributed by atoms with van der Waals surface area (Å²) in [6, 6.07) is 0.675. The summed E-state index contributed by atoms with van der Waals surface area (Å²) in [4.78, 5) is 0. The second-order valence-corrected chi connectivity index (χ2v) is 2.06. The number of piperazine rings is 1. The average molecular weight is 190 g/mol. The molecule has 2 N–H and O–H groups in total. The fourth-order valence-corrected chi connectivity index (χ4v) is 0.798. The van der Waals surface area contributed by atoms with Crippen LogP contribution in [0.5, 0.6) is 0 Å². The maximum atomic E-state index is 3.32. The van der Waals surface area contributed by atoms with Gasteiger partial charge < -0.3 is 10.6 Å². The highest BCUT2D eigenvalue weighted by atomic mass is 15.0. The van der Waals surface area contributed by atoms with Gasteiger partial charge >= 0.3 is 0 Å². The third-order valence-electron chi connectivity index (χ3n) is 1.25. The Bertz CT molecular complexity index is 50.1. The van der Waals surface area contributed by atoms with Crippen LogP contribution in [0.3, 0.4) is 0 Å². The van der Waals surface area contributed by atoms with E-state index in [9.17, 15) is 0 Å². The van der Waals surface area contributed by atoms with Crippen molar-refractivity contribution >= 4 is 0 Å². The number of hydrogen-bond acceptors (Lipinski definition) is 2. The van der Waals surface area contributed by atoms with Crippen LogP contribution in [-0.2, 0) is 0 Å². The van der Waals surface area contributed by atoms with E-state index in [2.05, 4.69) is 17.6 Å². The van der Waals surface area contributed by atoms with Crippen molar-refractivity contribution in [1.82, 2.24) is 10.6 Å². The summed E-state index contributed by atoms with van der Waals surface area (Å²) in [5.41, 5.74) is 0. The fraction of sp³-hybridized carbons (Fsp3) is 1.00. The Morgan fingerprint density at radius 2 is 1.31 bits per heavy atom. The number of hydrogen-bond donors (Lipinski definition) is 2. The summed E-state index contributed by atoms with van der Waals surface area (Å²) in [5.74, 6) is 0. The molecule has 0 aromatic rings. The largest absolute Gasteiger partial charge is 0.314 e. The molecule has 2 nitrogen and oxygen atoms in total. The molecule has 2 heteroatoms. The Balaban J connectivity index is -0.000000144. The van der Waals surface area contributed by atoms with Crippen molar-refractivity contribution < 1.29 is 0 Å². The molecule has 0 bridgehead atoms. The van der Waals surface area contributed by atoms with Crippen molar-refractivity contribution in [1.29, 1.82) is 0 Å². The average Bonchev–Trinajstić information content (AvgIpc) is 2.28. The van der Waals surface area contributed by atoms with Crippen LogP contribution in [0.25, 0.3) is 0 Å². The molecule has 0 aromatic heterocycles. The van der Waals surface area contributed by atoms with Gasteiger partial charge in [0.1, 0.15) is 0 Å². The van der Waals surface area contributed by atoms with Crippen molar-refractivity contribution in [3.05, 3.63) is 0 Å². The zero-order valence-corrected chi connectivity index (χ0v) is 10.7. The van der Waals surface area contributed by atoms with Crippen LogP contribution in [0, 0.1) is 0 Å². The van der Waals surface area contributed by atoms with Crippen molar-refractivity contribution in [2.45, 2.75) is 54.5 Å². The molecule has 1 saturated heterocycles. The second-order valence-electron chi connectivity index (χ2n) is 2.06. The zero-order chi connectivity index (χ0) is 11.1. The van der Waals surface area contributed by atoms with Crippen LogP contribution in [0.1, 0.15) is 48.5 Å². The lowest BCUT2D eigenvalue weighted by molar-refractivity contribution is 0.442. The summed E-state index contributed by atoms with van der Waals surface area (Å²) < 4.78 is 0. The first-order chi connectivity index (χ1) is 6.39. The van der Waals surface area contributed by atoms with Gasteiger partial charge in [-0.1, -0.05) is 41.5 Å². The van der Waals surface area contributed by atoms with Crippen LogP contribution >= 0.6 is 0 Å². The van der Waals surface area contributed by atoms with Gasteiger partial charge in [-0.2, -0.15) is 0 Å². The molecule has 0 radical (unpaired) electrons. The topological polar surface area (TPSA) is 24.1 Å². The Hall–Kier alpha value is -0.0800. The molecule has 0 aromatic carbocycles. The molecule has 0 amide bonds. The van der Waals surface area contributed by atoms with E-state index in [1.54, 1.807) is 0 Å². The van der Waals surface area contributed by atoms with E-state index >= 15 is 0 Å². The minimum atomic E-state index is 0.675. The van der Waals surface area contributed by atoms with Crippen molar-refractivity contribution in [3.8, 4) is 0 Å². The van der Waals surface area contributed by atoms with Gasteiger partial charge in [0.2, 0.25) is 0 Å². The second kappa shape index (κ2) is 22.7. The third-order valence-corrected chi connectivity index (χ3v) is 1.25. The zero-order valence-electron chi connectivity index (χ0n) is 10.7. The first kappa shape index (κ1) is 18.7. The van der Waals surface area contributed by atoms with Gasteiger partial charge in [0.15, 0.2) is 0 Å². The van der Waals surface area contributed by atoms with Crippen LogP contribution < -0.4 is 10.6 Å². The summed E-state index contributed by atoms with van der Waals surface area (Å²) in [6.45, 7) is 17.6. The Kier molecular flexibility index (Phi) is 32.5. The predicted octanol–water partition coefficient (Wildman–Crippen LogP) is 2.65. The molecule has 0 spiro atoms. The molecule has 1 fully saturated rings. The van der Waals surface area contributed by atoms with E-state index in [4.69, 9.17) is 0 Å². The first-order valence-corrected chi connectivity index (χ1v) is 5.83. The predicted molar refractivity (Wildman–Crippen MR) is 64.4 cm³/mol. The van der Waals surface area contributed by atoms with E-state index < -0.39 is 0 Å². The van der Waals surface area contributed by atoms with Gasteiger partial charge in [-0.25, -0.2) is 0 Å². The fourth-order valence-electron chi connectivity index (χ4n) is 0.798. The highest BCUT2D eigenvalue weighted by Crippen LogP contribution is 1.80. The maximum Gasteiger partial charge on any atom is 0.0164 e. The summed E-state index contributed by atoms with van der Waals surface area (Å²) in [7, 11) is 0. The Morgan fingerprint density at radius 1 is 0.846 bits per heavy atom. The van der Waals surface area contributed by atoms with Crippen LogP contribution in [-0.4, -0.2) is 25.7 Å². The minimum absolute atomic E-state index is 0.675. The van der Waals surface area contributed by atoms with Crippen molar-refractivity contribution in [2.75, 3.05) is 19.6 Å². The van der Waals surface area contributed by atoms with E-state index in [1.165, 1.54) is 0 Å². The van der Waals surface area contributed by atoms with Gasteiger partial charge in [-0.3, -0.25) is 0 Å². The van der Waals surface area contributed by atoms with Gasteiger partial charge in [0.05, 0.1) is 0 Å². The summed E-state index contributed by atoms with van der Waals surface area (Å²) in [5, 5.41) is 6.59. The van der Waals surface area contributed by atoms with Crippen LogP contribution in [0.15, 0.2) is 0 Å². The molecule has 1 aliphatic rings. The lowest BCUT2D eigenvalue weighted by atomic mass is 10.3.